The van der Waals surface area contributed by atoms with Gasteiger partial charge >= 0.3 is 0 Å². The molecule has 0 radical (unpaired) electrons. The van der Waals surface area contributed by atoms with Gasteiger partial charge in [0.15, 0.2) is 0 Å². The van der Waals surface area contributed by atoms with Crippen molar-refractivity contribution in [2.24, 2.45) is 5.73 Å². The molecule has 1 aliphatic rings. The number of likely N-dealkylation sites (tertiary alicyclic amines) is 1. The first-order valence-electron chi connectivity index (χ1n) is 7.71. The second-order valence-electron chi connectivity index (χ2n) is 6.07. The Morgan fingerprint density at radius 3 is 2.20 bits per heavy atom. The molecule has 2 N–H and O–H groups in total. The van der Waals surface area contributed by atoms with Crippen LogP contribution in [0.25, 0.3) is 0 Å². The maximum atomic E-state index is 12.2. The van der Waals surface area contributed by atoms with Crippen molar-refractivity contribution in [1.29, 1.82) is 0 Å². The molecule has 0 aromatic heterocycles. The molecule has 0 saturated carbocycles. The smallest absolute Gasteiger partial charge is 0.224 e. The van der Waals surface area contributed by atoms with Crippen LogP contribution in [0.4, 0.5) is 0 Å². The second-order valence-corrected chi connectivity index (χ2v) is 6.07. The highest BCUT2D eigenvalue weighted by molar-refractivity contribution is 5.77. The number of piperidine rings is 1. The van der Waals surface area contributed by atoms with E-state index in [1.165, 1.54) is 12.0 Å². The maximum Gasteiger partial charge on any atom is 0.224 e. The third-order valence-electron chi connectivity index (χ3n) is 4.13. The summed E-state index contributed by atoms with van der Waals surface area (Å²) in [7, 11) is 0. The van der Waals surface area contributed by atoms with Crippen molar-refractivity contribution in [3.63, 3.8) is 0 Å². The number of rotatable bonds is 4. The number of nitrogens with zero attached hydrogens (tertiary/aromatic N) is 1. The van der Waals surface area contributed by atoms with Crippen molar-refractivity contribution in [2.75, 3.05) is 13.1 Å². The minimum Gasteiger partial charge on any atom is -0.343 e. The summed E-state index contributed by atoms with van der Waals surface area (Å²) < 4.78 is 0. The molecule has 2 rings (SSSR count). The Morgan fingerprint density at radius 1 is 1.10 bits per heavy atom. The Morgan fingerprint density at radius 2 is 1.65 bits per heavy atom. The van der Waals surface area contributed by atoms with E-state index >= 15 is 0 Å². The van der Waals surface area contributed by atoms with Crippen LogP contribution in [0.1, 0.15) is 62.6 Å². The van der Waals surface area contributed by atoms with Crippen LogP contribution in [-0.2, 0) is 4.79 Å². The van der Waals surface area contributed by atoms with Gasteiger partial charge in [0.2, 0.25) is 5.91 Å². The monoisotopic (exact) mass is 274 g/mol. The number of carbonyl (C=O) groups excluding carboxylic acids is 1. The number of hydrogen-bond acceptors (Lipinski definition) is 2. The first-order chi connectivity index (χ1) is 9.58. The largest absolute Gasteiger partial charge is 0.343 e. The van der Waals surface area contributed by atoms with Crippen LogP contribution in [0.5, 0.6) is 0 Å². The van der Waals surface area contributed by atoms with Gasteiger partial charge in [0.25, 0.3) is 0 Å². The summed E-state index contributed by atoms with van der Waals surface area (Å²) in [6.45, 7) is 6.15. The van der Waals surface area contributed by atoms with Crippen molar-refractivity contribution in [3.05, 3.63) is 35.4 Å². The summed E-state index contributed by atoms with van der Waals surface area (Å²) in [5, 5.41) is 0. The van der Waals surface area contributed by atoms with E-state index in [4.69, 9.17) is 5.73 Å². The third-order valence-corrected chi connectivity index (χ3v) is 4.13. The molecule has 110 valence electrons. The summed E-state index contributed by atoms with van der Waals surface area (Å²) in [6, 6.07) is 8.16. The molecule has 20 heavy (non-hydrogen) atoms. The van der Waals surface area contributed by atoms with Crippen LogP contribution in [0.2, 0.25) is 0 Å². The molecule has 3 nitrogen and oxygen atoms in total. The molecule has 1 amide bonds. The molecule has 0 aliphatic carbocycles. The molecule has 1 fully saturated rings. The average Bonchev–Trinajstić information content (AvgIpc) is 2.48. The van der Waals surface area contributed by atoms with Crippen LogP contribution in [0, 0.1) is 0 Å². The molecule has 1 saturated heterocycles. The number of amides is 1. The molecule has 0 spiro atoms. The Kier molecular flexibility index (Phi) is 5.18. The quantitative estimate of drug-likeness (QED) is 0.916. The van der Waals surface area contributed by atoms with Gasteiger partial charge in [0, 0.05) is 25.6 Å². The zero-order valence-corrected chi connectivity index (χ0v) is 12.6. The average molecular weight is 274 g/mol. The lowest BCUT2D eigenvalue weighted by molar-refractivity contribution is -0.132. The summed E-state index contributed by atoms with van der Waals surface area (Å²) in [6.07, 6.45) is 3.92. The molecule has 1 heterocycles. The van der Waals surface area contributed by atoms with Crippen molar-refractivity contribution < 1.29 is 4.79 Å². The van der Waals surface area contributed by atoms with E-state index in [9.17, 15) is 4.79 Å². The predicted molar refractivity (Wildman–Crippen MR) is 82.5 cm³/mol. The molecular formula is C17H26N2O. The highest BCUT2D eigenvalue weighted by atomic mass is 16.2. The van der Waals surface area contributed by atoms with E-state index in [0.717, 1.165) is 31.5 Å². The van der Waals surface area contributed by atoms with Gasteiger partial charge in [0.05, 0.1) is 0 Å². The zero-order valence-electron chi connectivity index (χ0n) is 12.6. The fraction of sp³-hybridized carbons (Fsp3) is 0.588. The number of carbonyl (C=O) groups is 1. The molecule has 1 atom stereocenters. The van der Waals surface area contributed by atoms with Gasteiger partial charge in [-0.3, -0.25) is 4.79 Å². The topological polar surface area (TPSA) is 46.3 Å². The van der Waals surface area contributed by atoms with E-state index in [1.807, 2.05) is 4.90 Å². The molecule has 1 unspecified atom stereocenters. The first kappa shape index (κ1) is 15.0. The molecule has 3 heteroatoms. The highest BCUT2D eigenvalue weighted by Crippen LogP contribution is 2.20. The molecule has 1 aromatic rings. The summed E-state index contributed by atoms with van der Waals surface area (Å²) in [5.74, 6) is 0.723. The molecular weight excluding hydrogens is 248 g/mol. The van der Waals surface area contributed by atoms with Crippen LogP contribution in [-0.4, -0.2) is 23.9 Å². The number of benzene rings is 1. The second kappa shape index (κ2) is 6.89. The fourth-order valence-corrected chi connectivity index (χ4v) is 2.71. The Hall–Kier alpha value is -1.35. The van der Waals surface area contributed by atoms with Gasteiger partial charge in [-0.2, -0.15) is 0 Å². The summed E-state index contributed by atoms with van der Waals surface area (Å²) in [5.41, 5.74) is 8.55. The van der Waals surface area contributed by atoms with E-state index in [2.05, 4.69) is 38.1 Å². The third kappa shape index (κ3) is 3.83. The van der Waals surface area contributed by atoms with Gasteiger partial charge in [-0.25, -0.2) is 0 Å². The maximum absolute atomic E-state index is 12.2. The number of nitrogens with two attached hydrogens (primary N) is 1. The Bertz CT molecular complexity index is 433. The van der Waals surface area contributed by atoms with Crippen molar-refractivity contribution in [1.82, 2.24) is 4.90 Å². The van der Waals surface area contributed by atoms with Crippen molar-refractivity contribution in [2.45, 2.75) is 51.5 Å². The van der Waals surface area contributed by atoms with E-state index < -0.39 is 0 Å². The standard InChI is InChI=1S/C17H26N2O/c1-13(2)14-6-8-15(9-7-14)16(18)12-17(20)19-10-4-3-5-11-19/h6-9,13,16H,3-5,10-12,18H2,1-2H3. The molecule has 1 aliphatic heterocycles. The van der Waals surface area contributed by atoms with E-state index in [0.29, 0.717) is 12.3 Å². The normalized spacial score (nSPS) is 17.3. The van der Waals surface area contributed by atoms with Crippen LogP contribution < -0.4 is 5.73 Å². The minimum atomic E-state index is -0.189. The summed E-state index contributed by atoms with van der Waals surface area (Å²) in [4.78, 5) is 14.2. The van der Waals surface area contributed by atoms with Crippen LogP contribution in [0.15, 0.2) is 24.3 Å². The highest BCUT2D eigenvalue weighted by Gasteiger charge is 2.19. The van der Waals surface area contributed by atoms with E-state index in [-0.39, 0.29) is 11.9 Å². The fourth-order valence-electron chi connectivity index (χ4n) is 2.71. The summed E-state index contributed by atoms with van der Waals surface area (Å²) >= 11 is 0. The molecule has 1 aromatic carbocycles. The molecule has 0 bridgehead atoms. The predicted octanol–water partition coefficient (Wildman–Crippen LogP) is 3.21. The SMILES string of the molecule is CC(C)c1ccc(C(N)CC(=O)N2CCCCC2)cc1. The van der Waals surface area contributed by atoms with Crippen LogP contribution >= 0.6 is 0 Å². The zero-order chi connectivity index (χ0) is 14.5. The van der Waals surface area contributed by atoms with Gasteiger partial charge in [-0.1, -0.05) is 38.1 Å². The minimum absolute atomic E-state index is 0.189. The lowest BCUT2D eigenvalue weighted by Gasteiger charge is -2.27. The van der Waals surface area contributed by atoms with Gasteiger partial charge in [-0.15, -0.1) is 0 Å². The lowest BCUT2D eigenvalue weighted by atomic mass is 9.97. The Balaban J connectivity index is 1.93. The van der Waals surface area contributed by atoms with Crippen molar-refractivity contribution in [3.8, 4) is 0 Å². The van der Waals surface area contributed by atoms with Gasteiger partial charge in [-0.05, 0) is 36.3 Å². The van der Waals surface area contributed by atoms with Crippen LogP contribution in [0.3, 0.4) is 0 Å². The van der Waals surface area contributed by atoms with Gasteiger partial charge in [0.1, 0.15) is 0 Å². The van der Waals surface area contributed by atoms with E-state index in [1.54, 1.807) is 0 Å². The van der Waals surface area contributed by atoms with Gasteiger partial charge < -0.3 is 10.6 Å². The number of hydrogen-bond donors (Lipinski definition) is 1. The Labute approximate surface area is 122 Å². The lowest BCUT2D eigenvalue weighted by Crippen LogP contribution is -2.37. The van der Waals surface area contributed by atoms with Crippen molar-refractivity contribution >= 4 is 5.91 Å². The first-order valence-corrected chi connectivity index (χ1v) is 7.71.